The Kier molecular flexibility index (Phi) is 3.11. The lowest BCUT2D eigenvalue weighted by Crippen LogP contribution is -2.45. The zero-order chi connectivity index (χ0) is 11.8. The van der Waals surface area contributed by atoms with Gasteiger partial charge in [-0.15, -0.1) is 0 Å². The highest BCUT2D eigenvalue weighted by atomic mass is 15.1. The summed E-state index contributed by atoms with van der Waals surface area (Å²) in [6, 6.07) is 4.43. The molecule has 2 rings (SSSR count). The summed E-state index contributed by atoms with van der Waals surface area (Å²) in [5, 5.41) is 0. The Labute approximate surface area is 98.8 Å². The molecule has 2 heteroatoms. The third kappa shape index (κ3) is 1.80. The minimum atomic E-state index is 0.199. The summed E-state index contributed by atoms with van der Waals surface area (Å²) in [6.07, 6.45) is 5.10. The van der Waals surface area contributed by atoms with E-state index in [4.69, 9.17) is 5.73 Å². The van der Waals surface area contributed by atoms with Gasteiger partial charge in [-0.05, 0) is 57.6 Å². The van der Waals surface area contributed by atoms with Crippen LogP contribution in [0.2, 0.25) is 0 Å². The molecule has 1 aromatic rings. The minimum Gasteiger partial charge on any atom is -0.342 e. The first kappa shape index (κ1) is 11.7. The highest BCUT2D eigenvalue weighted by Crippen LogP contribution is 2.38. The van der Waals surface area contributed by atoms with Crippen molar-refractivity contribution in [3.63, 3.8) is 0 Å². The van der Waals surface area contributed by atoms with Crippen molar-refractivity contribution >= 4 is 0 Å². The van der Waals surface area contributed by atoms with E-state index in [2.05, 4.69) is 37.5 Å². The molecule has 1 saturated carbocycles. The van der Waals surface area contributed by atoms with Crippen LogP contribution in [0, 0.1) is 19.8 Å². The Morgan fingerprint density at radius 2 is 1.75 bits per heavy atom. The normalized spacial score (nSPS) is 30.6. The van der Waals surface area contributed by atoms with Gasteiger partial charge in [0, 0.05) is 17.9 Å². The van der Waals surface area contributed by atoms with E-state index in [1.54, 1.807) is 0 Å². The van der Waals surface area contributed by atoms with E-state index >= 15 is 0 Å². The Morgan fingerprint density at radius 3 is 2.19 bits per heavy atom. The summed E-state index contributed by atoms with van der Waals surface area (Å²) >= 11 is 0. The summed E-state index contributed by atoms with van der Waals surface area (Å²) < 4.78 is 2.48. The maximum absolute atomic E-state index is 6.09. The molecule has 0 bridgehead atoms. The van der Waals surface area contributed by atoms with Gasteiger partial charge in [-0.25, -0.2) is 0 Å². The second-order valence-corrected chi connectivity index (χ2v) is 5.56. The third-order valence-corrected chi connectivity index (χ3v) is 4.33. The van der Waals surface area contributed by atoms with E-state index in [1.807, 2.05) is 0 Å². The summed E-state index contributed by atoms with van der Waals surface area (Å²) in [4.78, 5) is 0. The molecule has 2 nitrogen and oxygen atoms in total. The SMILES string of the molecule is Cc1ccc(C)n1C1(CN)CCC(C)CC1. The number of hydrogen-bond acceptors (Lipinski definition) is 1. The molecule has 1 aliphatic carbocycles. The number of hydrogen-bond donors (Lipinski definition) is 1. The fourth-order valence-electron chi connectivity index (χ4n) is 3.24. The first-order valence-corrected chi connectivity index (χ1v) is 6.44. The van der Waals surface area contributed by atoms with E-state index in [1.165, 1.54) is 37.1 Å². The second kappa shape index (κ2) is 4.25. The lowest BCUT2D eigenvalue weighted by molar-refractivity contribution is 0.164. The van der Waals surface area contributed by atoms with Gasteiger partial charge >= 0.3 is 0 Å². The Balaban J connectivity index is 2.35. The van der Waals surface area contributed by atoms with Gasteiger partial charge in [0.25, 0.3) is 0 Å². The van der Waals surface area contributed by atoms with Gasteiger partial charge in [-0.1, -0.05) is 6.92 Å². The highest BCUT2D eigenvalue weighted by molar-refractivity contribution is 5.18. The van der Waals surface area contributed by atoms with Crippen LogP contribution >= 0.6 is 0 Å². The Hall–Kier alpha value is -0.760. The smallest absolute Gasteiger partial charge is 0.0567 e. The van der Waals surface area contributed by atoms with Crippen LogP contribution in [0.15, 0.2) is 12.1 Å². The standard InChI is InChI=1S/C14H24N2/c1-11-6-8-14(10-15,9-7-11)16-12(2)4-5-13(16)3/h4-5,11H,6-10,15H2,1-3H3. The Bertz CT molecular complexity index is 337. The maximum atomic E-state index is 6.09. The van der Waals surface area contributed by atoms with Crippen molar-refractivity contribution in [2.75, 3.05) is 6.54 Å². The van der Waals surface area contributed by atoms with E-state index in [0.717, 1.165) is 12.5 Å². The van der Waals surface area contributed by atoms with Crippen molar-refractivity contribution in [2.24, 2.45) is 11.7 Å². The first-order chi connectivity index (χ1) is 7.59. The lowest BCUT2D eigenvalue weighted by Gasteiger charge is -2.42. The molecule has 1 fully saturated rings. The van der Waals surface area contributed by atoms with Crippen LogP contribution < -0.4 is 5.73 Å². The van der Waals surface area contributed by atoms with Crippen LogP contribution in [-0.4, -0.2) is 11.1 Å². The van der Waals surface area contributed by atoms with E-state index in [0.29, 0.717) is 0 Å². The number of aryl methyl sites for hydroxylation is 2. The molecule has 0 saturated heterocycles. The molecule has 1 heterocycles. The second-order valence-electron chi connectivity index (χ2n) is 5.56. The van der Waals surface area contributed by atoms with Gasteiger partial charge in [0.2, 0.25) is 0 Å². The fourth-order valence-corrected chi connectivity index (χ4v) is 3.24. The predicted molar refractivity (Wildman–Crippen MR) is 68.6 cm³/mol. The maximum Gasteiger partial charge on any atom is 0.0567 e. The zero-order valence-electron chi connectivity index (χ0n) is 10.8. The quantitative estimate of drug-likeness (QED) is 0.816. The van der Waals surface area contributed by atoms with Crippen molar-refractivity contribution in [2.45, 2.75) is 52.0 Å². The number of aromatic nitrogens is 1. The van der Waals surface area contributed by atoms with Crippen LogP contribution in [0.4, 0.5) is 0 Å². The van der Waals surface area contributed by atoms with Gasteiger partial charge in [0.1, 0.15) is 0 Å². The monoisotopic (exact) mass is 220 g/mol. The summed E-state index contributed by atoms with van der Waals surface area (Å²) in [5.41, 5.74) is 9.01. The molecular weight excluding hydrogens is 196 g/mol. The van der Waals surface area contributed by atoms with E-state index in [-0.39, 0.29) is 5.54 Å². The molecule has 16 heavy (non-hydrogen) atoms. The number of nitrogens with zero attached hydrogens (tertiary/aromatic N) is 1. The van der Waals surface area contributed by atoms with Crippen molar-refractivity contribution < 1.29 is 0 Å². The number of nitrogens with two attached hydrogens (primary N) is 1. The molecule has 0 amide bonds. The lowest BCUT2D eigenvalue weighted by atomic mass is 9.76. The average molecular weight is 220 g/mol. The van der Waals surface area contributed by atoms with Gasteiger partial charge in [0.05, 0.1) is 5.54 Å². The molecule has 0 spiro atoms. The van der Waals surface area contributed by atoms with Crippen LogP contribution in [0.1, 0.15) is 44.0 Å². The molecule has 0 aliphatic heterocycles. The van der Waals surface area contributed by atoms with Gasteiger partial charge < -0.3 is 10.3 Å². The zero-order valence-corrected chi connectivity index (χ0v) is 10.8. The summed E-state index contributed by atoms with van der Waals surface area (Å²) in [6.45, 7) is 7.52. The summed E-state index contributed by atoms with van der Waals surface area (Å²) in [7, 11) is 0. The van der Waals surface area contributed by atoms with Crippen molar-refractivity contribution in [1.82, 2.24) is 4.57 Å². The molecule has 0 aromatic carbocycles. The van der Waals surface area contributed by atoms with Gasteiger partial charge in [0.15, 0.2) is 0 Å². The molecule has 1 aliphatic rings. The molecule has 0 unspecified atom stereocenters. The average Bonchev–Trinajstić information content (AvgIpc) is 2.62. The molecule has 90 valence electrons. The summed E-state index contributed by atoms with van der Waals surface area (Å²) in [5.74, 6) is 0.871. The predicted octanol–water partition coefficient (Wildman–Crippen LogP) is 2.97. The first-order valence-electron chi connectivity index (χ1n) is 6.44. The van der Waals surface area contributed by atoms with Gasteiger partial charge in [-0.2, -0.15) is 0 Å². The molecule has 2 N–H and O–H groups in total. The third-order valence-electron chi connectivity index (χ3n) is 4.33. The van der Waals surface area contributed by atoms with Crippen molar-refractivity contribution in [3.05, 3.63) is 23.5 Å². The topological polar surface area (TPSA) is 30.9 Å². The van der Waals surface area contributed by atoms with Crippen molar-refractivity contribution in [1.29, 1.82) is 0 Å². The van der Waals surface area contributed by atoms with Gasteiger partial charge in [-0.3, -0.25) is 0 Å². The Morgan fingerprint density at radius 1 is 1.25 bits per heavy atom. The van der Waals surface area contributed by atoms with Crippen LogP contribution in [-0.2, 0) is 5.54 Å². The minimum absolute atomic E-state index is 0.199. The van der Waals surface area contributed by atoms with Crippen LogP contribution in [0.5, 0.6) is 0 Å². The molecular formula is C14H24N2. The highest BCUT2D eigenvalue weighted by Gasteiger charge is 2.35. The van der Waals surface area contributed by atoms with E-state index in [9.17, 15) is 0 Å². The number of rotatable bonds is 2. The van der Waals surface area contributed by atoms with E-state index < -0.39 is 0 Å². The van der Waals surface area contributed by atoms with Crippen LogP contribution in [0.25, 0.3) is 0 Å². The molecule has 0 atom stereocenters. The molecule has 1 aromatic heterocycles. The van der Waals surface area contributed by atoms with Crippen LogP contribution in [0.3, 0.4) is 0 Å². The fraction of sp³-hybridized carbons (Fsp3) is 0.714. The largest absolute Gasteiger partial charge is 0.342 e. The molecule has 0 radical (unpaired) electrons. The van der Waals surface area contributed by atoms with Crippen molar-refractivity contribution in [3.8, 4) is 0 Å².